The molecule has 0 aromatic heterocycles. The number of rotatable bonds is 1. The molecule has 4 saturated carbocycles. The molecule has 0 heterocycles. The molecule has 5 aliphatic rings. The lowest BCUT2D eigenvalue weighted by atomic mass is 9.33. The molecule has 3 N–H and O–H groups in total. The van der Waals surface area contributed by atoms with Gasteiger partial charge in [0.1, 0.15) is 5.78 Å². The molecular weight excluding hydrogens is 440 g/mol. The van der Waals surface area contributed by atoms with Gasteiger partial charge >= 0.3 is 5.97 Å². The summed E-state index contributed by atoms with van der Waals surface area (Å²) in [5.74, 6) is -0.222. The fourth-order valence-corrected chi connectivity index (χ4v) is 10.9. The number of aliphatic hydroxyl groups excluding tert-OH is 2. The number of carbonyl (C=O) groups is 2. The summed E-state index contributed by atoms with van der Waals surface area (Å²) in [5, 5.41) is 32.4. The predicted octanol–water partition coefficient (Wildman–Crippen LogP) is 5.24. The maximum atomic E-state index is 12.9. The van der Waals surface area contributed by atoms with Gasteiger partial charge in [-0.1, -0.05) is 60.1 Å². The van der Waals surface area contributed by atoms with E-state index in [-0.39, 0.29) is 51.6 Å². The van der Waals surface area contributed by atoms with Crippen LogP contribution in [0.1, 0.15) is 93.4 Å². The molecule has 0 aromatic carbocycles. The van der Waals surface area contributed by atoms with E-state index >= 15 is 0 Å². The second kappa shape index (κ2) is 7.43. The predicted molar refractivity (Wildman–Crippen MR) is 134 cm³/mol. The van der Waals surface area contributed by atoms with E-state index in [1.165, 1.54) is 5.57 Å². The smallest absolute Gasteiger partial charge is 0.310 e. The topological polar surface area (TPSA) is 94.8 Å². The average Bonchev–Trinajstić information content (AvgIpc) is 2.76. The molecule has 0 radical (unpaired) electrons. The Morgan fingerprint density at radius 2 is 1.66 bits per heavy atom. The Kier molecular flexibility index (Phi) is 5.40. The zero-order chi connectivity index (χ0) is 25.9. The monoisotopic (exact) mass is 486 g/mol. The Balaban J connectivity index is 1.63. The molecule has 0 saturated heterocycles. The highest BCUT2D eigenvalue weighted by atomic mass is 16.4. The van der Waals surface area contributed by atoms with Crippen molar-refractivity contribution in [2.75, 3.05) is 0 Å². The summed E-state index contributed by atoms with van der Waals surface area (Å²) < 4.78 is 0. The SMILES string of the molecule is C[C@@H]1C(=O)C[C@]2(C(=O)O)CC[C@]3(C)C(=CCC4[C@@]5(C)C[C@@H](O)[C@H](O)C(C)(C)C5CC[C@]43C)C2[C@H]1C. The van der Waals surface area contributed by atoms with Crippen LogP contribution in [0.5, 0.6) is 0 Å². The number of fused-ring (bicyclic) bond motifs is 7. The lowest BCUT2D eigenvalue weighted by Crippen LogP contribution is -2.67. The first-order chi connectivity index (χ1) is 16.1. The number of hydrogen-bond acceptors (Lipinski definition) is 4. The van der Waals surface area contributed by atoms with E-state index in [1.54, 1.807) is 0 Å². The minimum Gasteiger partial charge on any atom is -0.481 e. The summed E-state index contributed by atoms with van der Waals surface area (Å²) in [7, 11) is 0. The van der Waals surface area contributed by atoms with Crippen molar-refractivity contribution in [3.63, 3.8) is 0 Å². The number of carboxylic acids is 1. The van der Waals surface area contributed by atoms with Gasteiger partial charge in [-0.2, -0.15) is 0 Å². The number of carbonyl (C=O) groups excluding carboxylic acids is 1. The zero-order valence-electron chi connectivity index (χ0n) is 22.7. The summed E-state index contributed by atoms with van der Waals surface area (Å²) in [6, 6.07) is 0. The van der Waals surface area contributed by atoms with Crippen LogP contribution in [0, 0.1) is 56.7 Å². The molecule has 0 aliphatic heterocycles. The van der Waals surface area contributed by atoms with Crippen molar-refractivity contribution in [3.8, 4) is 0 Å². The maximum Gasteiger partial charge on any atom is 0.310 e. The highest BCUT2D eigenvalue weighted by Crippen LogP contribution is 2.75. The molecule has 0 spiro atoms. The van der Waals surface area contributed by atoms with Crippen molar-refractivity contribution in [1.82, 2.24) is 0 Å². The Morgan fingerprint density at radius 1 is 1.00 bits per heavy atom. The molecule has 0 bridgehead atoms. The van der Waals surface area contributed by atoms with Crippen LogP contribution in [-0.4, -0.2) is 39.3 Å². The third-order valence-electron chi connectivity index (χ3n) is 13.2. The van der Waals surface area contributed by atoms with Crippen molar-refractivity contribution in [3.05, 3.63) is 11.6 Å². The van der Waals surface area contributed by atoms with Crippen molar-refractivity contribution in [2.45, 2.75) is 106 Å². The normalized spacial score (nSPS) is 55.1. The molecule has 4 fully saturated rings. The number of Topliss-reactive ketones (excluding diaryl/α,β-unsaturated/α-hetero) is 1. The molecule has 196 valence electrons. The second-order valence-electron chi connectivity index (χ2n) is 14.6. The molecule has 0 aromatic rings. The lowest BCUT2D eigenvalue weighted by Gasteiger charge is -2.71. The molecule has 35 heavy (non-hydrogen) atoms. The molecule has 0 amide bonds. The fraction of sp³-hybridized carbons (Fsp3) is 0.867. The second-order valence-corrected chi connectivity index (χ2v) is 14.6. The number of carboxylic acid groups (broad SMARTS) is 1. The molecular formula is C30H46O5. The van der Waals surface area contributed by atoms with Gasteiger partial charge in [0.25, 0.3) is 0 Å². The van der Waals surface area contributed by atoms with Crippen LogP contribution in [0.25, 0.3) is 0 Å². The van der Waals surface area contributed by atoms with Crippen molar-refractivity contribution >= 4 is 11.8 Å². The summed E-state index contributed by atoms with van der Waals surface area (Å²) in [6.07, 6.45) is 6.02. The van der Waals surface area contributed by atoms with Gasteiger partial charge in [0.2, 0.25) is 0 Å². The molecule has 5 aliphatic carbocycles. The van der Waals surface area contributed by atoms with E-state index in [1.807, 2.05) is 6.92 Å². The van der Waals surface area contributed by atoms with Crippen LogP contribution < -0.4 is 0 Å². The minimum atomic E-state index is -0.980. The van der Waals surface area contributed by atoms with Gasteiger partial charge in [0.15, 0.2) is 0 Å². The first kappa shape index (κ1) is 25.4. The molecule has 5 nitrogen and oxygen atoms in total. The van der Waals surface area contributed by atoms with Crippen LogP contribution in [-0.2, 0) is 9.59 Å². The van der Waals surface area contributed by atoms with Gasteiger partial charge in [-0.15, -0.1) is 0 Å². The Labute approximate surface area is 210 Å². The molecule has 3 unspecified atom stereocenters. The average molecular weight is 487 g/mol. The lowest BCUT2D eigenvalue weighted by molar-refractivity contribution is -0.232. The molecule has 11 atom stereocenters. The number of ketones is 1. The van der Waals surface area contributed by atoms with Crippen LogP contribution in [0.3, 0.4) is 0 Å². The van der Waals surface area contributed by atoms with E-state index in [2.05, 4.69) is 47.6 Å². The van der Waals surface area contributed by atoms with Crippen LogP contribution >= 0.6 is 0 Å². The summed E-state index contributed by atoms with van der Waals surface area (Å²) in [6.45, 7) is 15.5. The van der Waals surface area contributed by atoms with Gasteiger partial charge < -0.3 is 15.3 Å². The van der Waals surface area contributed by atoms with Gasteiger partial charge in [0.05, 0.1) is 17.6 Å². The Hall–Kier alpha value is -1.20. The van der Waals surface area contributed by atoms with Crippen LogP contribution in [0.15, 0.2) is 11.6 Å². The van der Waals surface area contributed by atoms with Crippen LogP contribution in [0.4, 0.5) is 0 Å². The van der Waals surface area contributed by atoms with Gasteiger partial charge in [0, 0.05) is 18.3 Å². The highest BCUT2D eigenvalue weighted by molar-refractivity contribution is 5.90. The van der Waals surface area contributed by atoms with Crippen LogP contribution in [0.2, 0.25) is 0 Å². The first-order valence-electron chi connectivity index (χ1n) is 13.9. The molecule has 5 rings (SSSR count). The number of allylic oxidation sites excluding steroid dienone is 2. The maximum absolute atomic E-state index is 12.9. The third-order valence-corrected chi connectivity index (χ3v) is 13.2. The zero-order valence-corrected chi connectivity index (χ0v) is 22.7. The Morgan fingerprint density at radius 3 is 2.29 bits per heavy atom. The first-order valence-corrected chi connectivity index (χ1v) is 13.9. The van der Waals surface area contributed by atoms with Gasteiger partial charge in [-0.25, -0.2) is 0 Å². The third kappa shape index (κ3) is 2.89. The Bertz CT molecular complexity index is 983. The van der Waals surface area contributed by atoms with Gasteiger partial charge in [-0.05, 0) is 77.9 Å². The van der Waals surface area contributed by atoms with E-state index in [0.29, 0.717) is 24.7 Å². The largest absolute Gasteiger partial charge is 0.481 e. The van der Waals surface area contributed by atoms with E-state index in [9.17, 15) is 24.9 Å². The van der Waals surface area contributed by atoms with Gasteiger partial charge in [-0.3, -0.25) is 9.59 Å². The van der Waals surface area contributed by atoms with E-state index < -0.39 is 23.6 Å². The number of hydrogen-bond donors (Lipinski definition) is 3. The highest BCUT2D eigenvalue weighted by Gasteiger charge is 2.70. The summed E-state index contributed by atoms with van der Waals surface area (Å²) in [4.78, 5) is 25.7. The minimum absolute atomic E-state index is 0.0101. The molecule has 5 heteroatoms. The van der Waals surface area contributed by atoms with Crippen molar-refractivity contribution < 1.29 is 24.9 Å². The standard InChI is InChI=1S/C30H46O5/c1-16-17(2)23-18-8-9-22-27(5)14-20(32)24(33)26(3,4)21(27)10-11-29(22,7)28(18,6)12-13-30(23,25(34)35)15-19(16)31/h8,16-17,20-24,32-33H,9-15H2,1-7H3,(H,34,35)/t16-,17-,20+,21?,22?,23?,24-,27-,28+,29+,30+/m0/s1. The number of aliphatic hydroxyl groups is 2. The summed E-state index contributed by atoms with van der Waals surface area (Å²) in [5.41, 5.74) is -0.274. The van der Waals surface area contributed by atoms with E-state index in [0.717, 1.165) is 25.7 Å². The quantitative estimate of drug-likeness (QED) is 0.441. The van der Waals surface area contributed by atoms with Crippen molar-refractivity contribution in [1.29, 1.82) is 0 Å². The number of aliphatic carboxylic acids is 1. The van der Waals surface area contributed by atoms with Crippen molar-refractivity contribution in [2.24, 2.45) is 56.7 Å². The summed E-state index contributed by atoms with van der Waals surface area (Å²) >= 11 is 0. The fourth-order valence-electron chi connectivity index (χ4n) is 10.9. The van der Waals surface area contributed by atoms with E-state index in [4.69, 9.17) is 0 Å².